The summed E-state index contributed by atoms with van der Waals surface area (Å²) in [5, 5.41) is 5.66. The van der Waals surface area contributed by atoms with Gasteiger partial charge in [0.1, 0.15) is 11.2 Å². The number of carbonyl (C=O) groups is 2. The van der Waals surface area contributed by atoms with Crippen LogP contribution in [0.2, 0.25) is 0 Å². The number of pyridine rings is 1. The number of ether oxygens (including phenoxy) is 1. The number of benzene rings is 1. The quantitative estimate of drug-likeness (QED) is 0.760. The SMILES string of the molecule is CCOc1ccc(NC(=O)C2(C(=O)NCc3cccnc3)CC2)cc1. The minimum Gasteiger partial charge on any atom is -0.494 e. The second-order valence-corrected chi connectivity index (χ2v) is 6.04. The summed E-state index contributed by atoms with van der Waals surface area (Å²) in [4.78, 5) is 29.0. The van der Waals surface area contributed by atoms with E-state index in [4.69, 9.17) is 4.74 Å². The van der Waals surface area contributed by atoms with E-state index in [1.807, 2.05) is 19.1 Å². The largest absolute Gasteiger partial charge is 0.494 e. The van der Waals surface area contributed by atoms with Crippen molar-refractivity contribution >= 4 is 17.5 Å². The normalized spacial score (nSPS) is 14.4. The summed E-state index contributed by atoms with van der Waals surface area (Å²) in [5.74, 6) is 0.246. The van der Waals surface area contributed by atoms with Gasteiger partial charge >= 0.3 is 0 Å². The Bertz CT molecular complexity index is 740. The molecule has 130 valence electrons. The monoisotopic (exact) mass is 339 g/mol. The number of rotatable bonds is 7. The van der Waals surface area contributed by atoms with Crippen LogP contribution in [0, 0.1) is 5.41 Å². The Labute approximate surface area is 146 Å². The molecule has 0 unspecified atom stereocenters. The van der Waals surface area contributed by atoms with Gasteiger partial charge in [0.25, 0.3) is 0 Å². The first-order valence-corrected chi connectivity index (χ1v) is 8.35. The fraction of sp³-hybridized carbons (Fsp3) is 0.316. The summed E-state index contributed by atoms with van der Waals surface area (Å²) in [6, 6.07) is 10.8. The van der Waals surface area contributed by atoms with Gasteiger partial charge in [0.2, 0.25) is 11.8 Å². The molecule has 1 heterocycles. The zero-order valence-electron chi connectivity index (χ0n) is 14.1. The van der Waals surface area contributed by atoms with Crippen molar-refractivity contribution in [1.82, 2.24) is 10.3 Å². The van der Waals surface area contributed by atoms with E-state index in [-0.39, 0.29) is 11.8 Å². The van der Waals surface area contributed by atoms with Crippen molar-refractivity contribution in [3.8, 4) is 5.75 Å². The Morgan fingerprint density at radius 1 is 1.16 bits per heavy atom. The Balaban J connectivity index is 1.58. The molecule has 25 heavy (non-hydrogen) atoms. The molecule has 1 aliphatic rings. The van der Waals surface area contributed by atoms with Crippen LogP contribution in [-0.2, 0) is 16.1 Å². The van der Waals surface area contributed by atoms with Crippen molar-refractivity contribution in [3.05, 3.63) is 54.4 Å². The maximum Gasteiger partial charge on any atom is 0.240 e. The van der Waals surface area contributed by atoms with Crippen molar-refractivity contribution < 1.29 is 14.3 Å². The van der Waals surface area contributed by atoms with E-state index in [9.17, 15) is 9.59 Å². The third kappa shape index (κ3) is 3.96. The first-order chi connectivity index (χ1) is 12.1. The van der Waals surface area contributed by atoms with Crippen LogP contribution in [0.3, 0.4) is 0 Å². The number of nitrogens with zero attached hydrogens (tertiary/aromatic N) is 1. The zero-order chi connectivity index (χ0) is 17.7. The van der Waals surface area contributed by atoms with E-state index >= 15 is 0 Å². The molecule has 0 saturated heterocycles. The molecule has 1 saturated carbocycles. The van der Waals surface area contributed by atoms with Crippen LogP contribution in [-0.4, -0.2) is 23.4 Å². The Hall–Kier alpha value is -2.89. The number of hydrogen-bond acceptors (Lipinski definition) is 4. The molecule has 6 nitrogen and oxygen atoms in total. The molecular formula is C19H21N3O3. The molecule has 0 spiro atoms. The molecule has 2 amide bonds. The first kappa shape index (κ1) is 17.0. The second kappa shape index (κ2) is 7.34. The molecule has 0 aliphatic heterocycles. The Morgan fingerprint density at radius 3 is 2.52 bits per heavy atom. The molecule has 1 aromatic carbocycles. The molecule has 1 aliphatic carbocycles. The summed E-state index contributed by atoms with van der Waals surface area (Å²) < 4.78 is 5.38. The Morgan fingerprint density at radius 2 is 1.92 bits per heavy atom. The standard InChI is InChI=1S/C19H21N3O3/c1-2-25-16-7-5-15(6-8-16)22-18(24)19(9-10-19)17(23)21-13-14-4-3-11-20-12-14/h3-8,11-12H,2,9-10,13H2,1H3,(H,21,23)(H,22,24). The van der Waals surface area contributed by atoms with E-state index < -0.39 is 5.41 Å². The lowest BCUT2D eigenvalue weighted by molar-refractivity contribution is -0.134. The lowest BCUT2D eigenvalue weighted by atomic mass is 10.0. The van der Waals surface area contributed by atoms with Crippen LogP contribution < -0.4 is 15.4 Å². The van der Waals surface area contributed by atoms with Gasteiger partial charge in [-0.05, 0) is 55.7 Å². The van der Waals surface area contributed by atoms with Crippen LogP contribution in [0.4, 0.5) is 5.69 Å². The molecule has 0 bridgehead atoms. The van der Waals surface area contributed by atoms with Gasteiger partial charge in [0.15, 0.2) is 0 Å². The van der Waals surface area contributed by atoms with E-state index in [1.165, 1.54) is 0 Å². The lowest BCUT2D eigenvalue weighted by Crippen LogP contribution is -2.39. The summed E-state index contributed by atoms with van der Waals surface area (Å²) >= 11 is 0. The van der Waals surface area contributed by atoms with Gasteiger partial charge < -0.3 is 15.4 Å². The van der Waals surface area contributed by atoms with Crippen LogP contribution in [0.5, 0.6) is 5.75 Å². The van der Waals surface area contributed by atoms with Crippen LogP contribution in [0.15, 0.2) is 48.8 Å². The predicted molar refractivity (Wildman–Crippen MR) is 94.0 cm³/mol. The predicted octanol–water partition coefficient (Wildman–Crippen LogP) is 2.52. The fourth-order valence-electron chi connectivity index (χ4n) is 2.59. The van der Waals surface area contributed by atoms with Gasteiger partial charge in [0.05, 0.1) is 6.61 Å². The topological polar surface area (TPSA) is 80.3 Å². The smallest absolute Gasteiger partial charge is 0.240 e. The van der Waals surface area contributed by atoms with Crippen molar-refractivity contribution in [2.75, 3.05) is 11.9 Å². The van der Waals surface area contributed by atoms with E-state index in [2.05, 4.69) is 15.6 Å². The van der Waals surface area contributed by atoms with Crippen molar-refractivity contribution in [2.45, 2.75) is 26.3 Å². The third-order valence-corrected chi connectivity index (χ3v) is 4.22. The van der Waals surface area contributed by atoms with Crippen LogP contribution in [0.25, 0.3) is 0 Å². The van der Waals surface area contributed by atoms with Crippen LogP contribution >= 0.6 is 0 Å². The molecule has 1 fully saturated rings. The van der Waals surface area contributed by atoms with E-state index in [1.54, 1.807) is 36.7 Å². The number of carbonyl (C=O) groups excluding carboxylic acids is 2. The summed E-state index contributed by atoms with van der Waals surface area (Å²) in [5.41, 5.74) is 0.596. The number of nitrogens with one attached hydrogen (secondary N) is 2. The number of hydrogen-bond donors (Lipinski definition) is 2. The van der Waals surface area contributed by atoms with Gasteiger partial charge in [-0.25, -0.2) is 0 Å². The number of amides is 2. The summed E-state index contributed by atoms with van der Waals surface area (Å²) in [7, 11) is 0. The highest BCUT2D eigenvalue weighted by molar-refractivity contribution is 6.13. The molecular weight excluding hydrogens is 318 g/mol. The second-order valence-electron chi connectivity index (χ2n) is 6.04. The molecule has 6 heteroatoms. The van der Waals surface area contributed by atoms with Crippen LogP contribution in [0.1, 0.15) is 25.3 Å². The molecule has 1 aromatic heterocycles. The Kier molecular flexibility index (Phi) is 4.97. The van der Waals surface area contributed by atoms with E-state index in [0.717, 1.165) is 11.3 Å². The average molecular weight is 339 g/mol. The van der Waals surface area contributed by atoms with Gasteiger partial charge in [-0.2, -0.15) is 0 Å². The lowest BCUT2D eigenvalue weighted by Gasteiger charge is -2.15. The minimum atomic E-state index is -0.958. The minimum absolute atomic E-state index is 0.236. The molecule has 2 N–H and O–H groups in total. The summed E-state index contributed by atoms with van der Waals surface area (Å²) in [6.45, 7) is 2.87. The maximum absolute atomic E-state index is 12.5. The fourth-order valence-corrected chi connectivity index (χ4v) is 2.59. The zero-order valence-corrected chi connectivity index (χ0v) is 14.1. The first-order valence-electron chi connectivity index (χ1n) is 8.35. The third-order valence-electron chi connectivity index (χ3n) is 4.22. The average Bonchev–Trinajstić information content (AvgIpc) is 3.44. The molecule has 0 radical (unpaired) electrons. The van der Waals surface area contributed by atoms with Crippen molar-refractivity contribution in [3.63, 3.8) is 0 Å². The molecule has 2 aromatic rings. The maximum atomic E-state index is 12.5. The van der Waals surface area contributed by atoms with Gasteiger partial charge in [-0.1, -0.05) is 6.07 Å². The number of anilines is 1. The highest BCUT2D eigenvalue weighted by Crippen LogP contribution is 2.46. The highest BCUT2D eigenvalue weighted by atomic mass is 16.5. The molecule has 3 rings (SSSR count). The van der Waals surface area contributed by atoms with Gasteiger partial charge in [0, 0.05) is 24.6 Å². The van der Waals surface area contributed by atoms with E-state index in [0.29, 0.717) is 31.7 Å². The van der Waals surface area contributed by atoms with Crippen molar-refractivity contribution in [1.29, 1.82) is 0 Å². The van der Waals surface area contributed by atoms with Gasteiger partial charge in [-0.15, -0.1) is 0 Å². The summed E-state index contributed by atoms with van der Waals surface area (Å²) in [6.07, 6.45) is 4.50. The van der Waals surface area contributed by atoms with Crippen molar-refractivity contribution in [2.24, 2.45) is 5.41 Å². The van der Waals surface area contributed by atoms with Gasteiger partial charge in [-0.3, -0.25) is 14.6 Å². The molecule has 0 atom stereocenters. The highest BCUT2D eigenvalue weighted by Gasteiger charge is 2.56. The number of aromatic nitrogens is 1.